The Labute approximate surface area is 173 Å². The van der Waals surface area contributed by atoms with Crippen LogP contribution in [0.1, 0.15) is 21.5 Å². The van der Waals surface area contributed by atoms with E-state index in [-0.39, 0.29) is 17.6 Å². The van der Waals surface area contributed by atoms with E-state index in [0.717, 1.165) is 11.1 Å². The van der Waals surface area contributed by atoms with Gasteiger partial charge in [-0.3, -0.25) is 9.59 Å². The molecule has 0 saturated carbocycles. The van der Waals surface area contributed by atoms with E-state index in [1.807, 2.05) is 30.3 Å². The Morgan fingerprint density at radius 2 is 1.79 bits per heavy atom. The molecule has 0 fully saturated rings. The van der Waals surface area contributed by atoms with Crippen molar-refractivity contribution in [1.29, 1.82) is 0 Å². The van der Waals surface area contributed by atoms with Gasteiger partial charge in [0.25, 0.3) is 11.8 Å². The molecule has 0 radical (unpaired) electrons. The minimum Gasteiger partial charge on any atom is -0.449 e. The van der Waals surface area contributed by atoms with Crippen molar-refractivity contribution in [1.82, 2.24) is 5.32 Å². The molecule has 29 heavy (non-hydrogen) atoms. The Morgan fingerprint density at radius 3 is 2.55 bits per heavy atom. The van der Waals surface area contributed by atoms with Crippen LogP contribution in [0.4, 0.5) is 5.69 Å². The lowest BCUT2D eigenvalue weighted by molar-refractivity contribution is -0.115. The number of benzene rings is 3. The number of ether oxygens (including phenoxy) is 1. The molecule has 2 amide bonds. The molecule has 1 aliphatic rings. The Morgan fingerprint density at radius 1 is 1.03 bits per heavy atom. The topological polar surface area (TPSA) is 67.4 Å². The van der Waals surface area contributed by atoms with Crippen molar-refractivity contribution >= 4 is 35.2 Å². The molecular formula is C23H17ClN2O3. The predicted molar refractivity (Wildman–Crippen MR) is 113 cm³/mol. The minimum absolute atomic E-state index is 0.168. The lowest BCUT2D eigenvalue weighted by Gasteiger charge is -2.20. The second-order valence-electron chi connectivity index (χ2n) is 6.50. The van der Waals surface area contributed by atoms with Crippen LogP contribution in [-0.2, 0) is 11.3 Å². The molecular weight excluding hydrogens is 388 g/mol. The van der Waals surface area contributed by atoms with Gasteiger partial charge in [0.1, 0.15) is 0 Å². The van der Waals surface area contributed by atoms with E-state index in [0.29, 0.717) is 28.6 Å². The number of hydrogen-bond donors (Lipinski definition) is 2. The van der Waals surface area contributed by atoms with Gasteiger partial charge in [-0.05, 0) is 47.5 Å². The first kappa shape index (κ1) is 18.8. The number of hydrogen-bond acceptors (Lipinski definition) is 3. The highest BCUT2D eigenvalue weighted by Crippen LogP contribution is 2.32. The van der Waals surface area contributed by atoms with Crippen molar-refractivity contribution in [2.24, 2.45) is 0 Å². The summed E-state index contributed by atoms with van der Waals surface area (Å²) in [6, 6.07) is 21.6. The Kier molecular flexibility index (Phi) is 5.31. The van der Waals surface area contributed by atoms with Gasteiger partial charge >= 0.3 is 0 Å². The van der Waals surface area contributed by atoms with Crippen molar-refractivity contribution in [2.75, 3.05) is 5.32 Å². The van der Waals surface area contributed by atoms with E-state index in [1.165, 1.54) is 0 Å². The summed E-state index contributed by atoms with van der Waals surface area (Å²) in [5, 5.41) is 6.25. The number of anilines is 1. The third kappa shape index (κ3) is 4.47. The van der Waals surface area contributed by atoms with Gasteiger partial charge in [-0.15, -0.1) is 0 Å². The average molecular weight is 405 g/mol. The van der Waals surface area contributed by atoms with Gasteiger partial charge in [-0.25, -0.2) is 0 Å². The van der Waals surface area contributed by atoms with E-state index in [1.54, 1.807) is 48.5 Å². The van der Waals surface area contributed by atoms with Crippen molar-refractivity contribution < 1.29 is 14.3 Å². The Bertz CT molecular complexity index is 1090. The average Bonchev–Trinajstić information content (AvgIpc) is 2.74. The first-order chi connectivity index (χ1) is 14.1. The zero-order chi connectivity index (χ0) is 20.2. The highest BCUT2D eigenvalue weighted by molar-refractivity contribution is 6.30. The van der Waals surface area contributed by atoms with Gasteiger partial charge in [0.15, 0.2) is 11.5 Å². The molecule has 0 bridgehead atoms. The number of carbonyl (C=O) groups is 2. The summed E-state index contributed by atoms with van der Waals surface area (Å²) in [4.78, 5) is 24.8. The molecule has 4 rings (SSSR count). The summed E-state index contributed by atoms with van der Waals surface area (Å²) in [6.45, 7) is 0.424. The molecule has 3 aromatic carbocycles. The SMILES string of the molecule is O=C1Nc2cc(C(=O)NCc3ccccc3)ccc2OC1=Cc1ccc(Cl)cc1. The smallest absolute Gasteiger partial charge is 0.291 e. The van der Waals surface area contributed by atoms with Crippen molar-refractivity contribution in [2.45, 2.75) is 6.54 Å². The van der Waals surface area contributed by atoms with Crippen LogP contribution in [0.15, 0.2) is 78.6 Å². The van der Waals surface area contributed by atoms with Crippen LogP contribution in [0.3, 0.4) is 0 Å². The number of fused-ring (bicyclic) bond motifs is 1. The summed E-state index contributed by atoms with van der Waals surface area (Å²) in [5.41, 5.74) is 2.69. The maximum absolute atomic E-state index is 12.4. The molecule has 0 aliphatic carbocycles. The monoisotopic (exact) mass is 404 g/mol. The van der Waals surface area contributed by atoms with E-state index in [4.69, 9.17) is 16.3 Å². The van der Waals surface area contributed by atoms with Gasteiger partial charge in [-0.1, -0.05) is 54.1 Å². The number of carbonyl (C=O) groups excluding carboxylic acids is 2. The number of amides is 2. The predicted octanol–water partition coefficient (Wildman–Crippen LogP) is 4.64. The van der Waals surface area contributed by atoms with Crippen LogP contribution < -0.4 is 15.4 Å². The second kappa shape index (κ2) is 8.20. The molecule has 5 nitrogen and oxygen atoms in total. The van der Waals surface area contributed by atoms with Crippen LogP contribution in [-0.4, -0.2) is 11.8 Å². The zero-order valence-electron chi connectivity index (χ0n) is 15.3. The molecule has 144 valence electrons. The molecule has 1 aliphatic heterocycles. The maximum Gasteiger partial charge on any atom is 0.291 e. The molecule has 0 atom stereocenters. The van der Waals surface area contributed by atoms with Gasteiger partial charge in [0.05, 0.1) is 5.69 Å². The quantitative estimate of drug-likeness (QED) is 0.622. The first-order valence-corrected chi connectivity index (χ1v) is 9.39. The largest absolute Gasteiger partial charge is 0.449 e. The molecule has 0 spiro atoms. The third-order valence-corrected chi connectivity index (χ3v) is 4.65. The highest BCUT2D eigenvalue weighted by atomic mass is 35.5. The standard InChI is InChI=1S/C23H17ClN2O3/c24-18-9-6-15(7-10-18)12-21-23(28)26-19-13-17(8-11-20(19)29-21)22(27)25-14-16-4-2-1-3-5-16/h1-13H,14H2,(H,25,27)(H,26,28). The minimum atomic E-state index is -0.380. The summed E-state index contributed by atoms with van der Waals surface area (Å²) in [5.74, 6) is 0.0354. The van der Waals surface area contributed by atoms with Crippen molar-refractivity contribution in [3.8, 4) is 5.75 Å². The molecule has 1 heterocycles. The lowest BCUT2D eigenvalue weighted by atomic mass is 10.1. The first-order valence-electron chi connectivity index (χ1n) is 9.01. The van der Waals surface area contributed by atoms with Crippen molar-refractivity contribution in [3.05, 3.63) is 100 Å². The summed E-state index contributed by atoms with van der Waals surface area (Å²) in [7, 11) is 0. The Hall–Kier alpha value is -3.57. The lowest BCUT2D eigenvalue weighted by Crippen LogP contribution is -2.25. The van der Waals surface area contributed by atoms with Crippen LogP contribution in [0.25, 0.3) is 6.08 Å². The normalized spacial score (nSPS) is 14.0. The van der Waals surface area contributed by atoms with E-state index in [2.05, 4.69) is 10.6 Å². The second-order valence-corrected chi connectivity index (χ2v) is 6.93. The molecule has 0 saturated heterocycles. The van der Waals surface area contributed by atoms with Crippen LogP contribution in [0.2, 0.25) is 5.02 Å². The van der Waals surface area contributed by atoms with Gasteiger partial charge in [0.2, 0.25) is 0 Å². The zero-order valence-corrected chi connectivity index (χ0v) is 16.1. The van der Waals surface area contributed by atoms with E-state index in [9.17, 15) is 9.59 Å². The van der Waals surface area contributed by atoms with Crippen LogP contribution in [0, 0.1) is 0 Å². The number of nitrogens with one attached hydrogen (secondary N) is 2. The fourth-order valence-corrected chi connectivity index (χ4v) is 3.02. The summed E-state index contributed by atoms with van der Waals surface area (Å²) >= 11 is 5.88. The van der Waals surface area contributed by atoms with Gasteiger partial charge < -0.3 is 15.4 Å². The van der Waals surface area contributed by atoms with Gasteiger partial charge in [0, 0.05) is 17.1 Å². The number of rotatable bonds is 4. The third-order valence-electron chi connectivity index (χ3n) is 4.40. The molecule has 6 heteroatoms. The fraction of sp³-hybridized carbons (Fsp3) is 0.0435. The maximum atomic E-state index is 12.4. The Balaban J connectivity index is 1.48. The van der Waals surface area contributed by atoms with Crippen molar-refractivity contribution in [3.63, 3.8) is 0 Å². The molecule has 0 unspecified atom stereocenters. The molecule has 3 aromatic rings. The summed E-state index contributed by atoms with van der Waals surface area (Å²) < 4.78 is 5.73. The number of halogens is 1. The molecule has 2 N–H and O–H groups in total. The van der Waals surface area contributed by atoms with Crippen LogP contribution >= 0.6 is 11.6 Å². The summed E-state index contributed by atoms with van der Waals surface area (Å²) in [6.07, 6.45) is 1.63. The van der Waals surface area contributed by atoms with E-state index >= 15 is 0 Å². The molecule has 0 aromatic heterocycles. The van der Waals surface area contributed by atoms with E-state index < -0.39 is 0 Å². The van der Waals surface area contributed by atoms with Gasteiger partial charge in [-0.2, -0.15) is 0 Å². The van der Waals surface area contributed by atoms with Crippen LogP contribution in [0.5, 0.6) is 5.75 Å². The highest BCUT2D eigenvalue weighted by Gasteiger charge is 2.23. The fourth-order valence-electron chi connectivity index (χ4n) is 2.89.